The third-order valence-corrected chi connectivity index (χ3v) is 3.58. The Labute approximate surface area is 132 Å². The Hall–Kier alpha value is -1.95. The molecule has 3 N–H and O–H groups in total. The Bertz CT molecular complexity index is 615. The zero-order chi connectivity index (χ0) is 15.2. The highest BCUT2D eigenvalue weighted by Crippen LogP contribution is 2.14. The number of hydrogen-bond donors (Lipinski definition) is 2. The van der Waals surface area contributed by atoms with Crippen molar-refractivity contribution in [2.45, 2.75) is 19.9 Å². The smallest absolute Gasteiger partial charge is 0.223 e. The molecule has 5 nitrogen and oxygen atoms in total. The fourth-order valence-corrected chi connectivity index (χ4v) is 2.17. The summed E-state index contributed by atoms with van der Waals surface area (Å²) in [6.45, 7) is 2.19. The van der Waals surface area contributed by atoms with E-state index in [-0.39, 0.29) is 18.4 Å². The maximum atomic E-state index is 12.1. The maximum absolute atomic E-state index is 12.1. The van der Waals surface area contributed by atoms with Gasteiger partial charge in [-0.1, -0.05) is 35.0 Å². The zero-order valence-electron chi connectivity index (χ0n) is 11.7. The number of rotatable bonds is 5. The highest BCUT2D eigenvalue weighted by molar-refractivity contribution is 9.10. The minimum atomic E-state index is -0.118. The molecule has 2 aromatic rings. The van der Waals surface area contributed by atoms with Crippen molar-refractivity contribution in [2.24, 2.45) is 5.92 Å². The SMILES string of the molecule is C[C@H](Cc1ccc(Br)cc1)C(=O)NCc1nccc(N)n1. The van der Waals surface area contributed by atoms with E-state index < -0.39 is 0 Å². The van der Waals surface area contributed by atoms with Crippen LogP contribution in [0.15, 0.2) is 41.0 Å². The van der Waals surface area contributed by atoms with E-state index >= 15 is 0 Å². The van der Waals surface area contributed by atoms with E-state index in [4.69, 9.17) is 5.73 Å². The van der Waals surface area contributed by atoms with Crippen LogP contribution in [0, 0.1) is 5.92 Å². The second-order valence-electron chi connectivity index (χ2n) is 4.85. The van der Waals surface area contributed by atoms with E-state index in [0.29, 0.717) is 18.1 Å². The largest absolute Gasteiger partial charge is 0.384 e. The average Bonchev–Trinajstić information content (AvgIpc) is 2.47. The first-order valence-corrected chi connectivity index (χ1v) is 7.43. The number of hydrogen-bond acceptors (Lipinski definition) is 4. The number of carbonyl (C=O) groups excluding carboxylic acids is 1. The van der Waals surface area contributed by atoms with E-state index in [0.717, 1.165) is 10.0 Å². The van der Waals surface area contributed by atoms with Gasteiger partial charge in [0.15, 0.2) is 0 Å². The highest BCUT2D eigenvalue weighted by atomic mass is 79.9. The lowest BCUT2D eigenvalue weighted by molar-refractivity contribution is -0.124. The fourth-order valence-electron chi connectivity index (χ4n) is 1.91. The van der Waals surface area contributed by atoms with Crippen LogP contribution < -0.4 is 11.1 Å². The Morgan fingerprint density at radius 1 is 1.33 bits per heavy atom. The van der Waals surface area contributed by atoms with E-state index in [2.05, 4.69) is 31.2 Å². The number of aromatic nitrogens is 2. The van der Waals surface area contributed by atoms with Crippen molar-refractivity contribution < 1.29 is 4.79 Å². The van der Waals surface area contributed by atoms with Crippen molar-refractivity contribution >= 4 is 27.7 Å². The van der Waals surface area contributed by atoms with Gasteiger partial charge in [-0.3, -0.25) is 4.79 Å². The van der Waals surface area contributed by atoms with Crippen LogP contribution >= 0.6 is 15.9 Å². The number of nitrogen functional groups attached to an aromatic ring is 1. The minimum absolute atomic E-state index is 0.0241. The number of nitrogens with one attached hydrogen (secondary N) is 1. The predicted octanol–water partition coefficient (Wildman–Crippen LogP) is 2.32. The predicted molar refractivity (Wildman–Crippen MR) is 85.3 cm³/mol. The van der Waals surface area contributed by atoms with E-state index in [1.54, 1.807) is 12.3 Å². The van der Waals surface area contributed by atoms with Gasteiger partial charge in [0.25, 0.3) is 0 Å². The Kier molecular flexibility index (Phi) is 5.27. The van der Waals surface area contributed by atoms with Gasteiger partial charge in [0.2, 0.25) is 5.91 Å². The molecule has 21 heavy (non-hydrogen) atoms. The van der Waals surface area contributed by atoms with Crippen LogP contribution in [0.5, 0.6) is 0 Å². The molecule has 0 unspecified atom stereocenters. The summed E-state index contributed by atoms with van der Waals surface area (Å²) in [5, 5.41) is 2.83. The molecule has 0 saturated heterocycles. The van der Waals surface area contributed by atoms with Gasteiger partial charge < -0.3 is 11.1 Å². The molecular formula is C15H17BrN4O. The second kappa shape index (κ2) is 7.17. The summed E-state index contributed by atoms with van der Waals surface area (Å²) in [5.41, 5.74) is 6.70. The molecule has 0 aliphatic heterocycles. The molecule has 0 radical (unpaired) electrons. The molecule has 6 heteroatoms. The van der Waals surface area contributed by atoms with Crippen LogP contribution in [-0.4, -0.2) is 15.9 Å². The molecule has 1 aromatic heterocycles. The van der Waals surface area contributed by atoms with Crippen molar-refractivity contribution in [2.75, 3.05) is 5.73 Å². The number of amides is 1. The third-order valence-electron chi connectivity index (χ3n) is 3.05. The molecule has 1 amide bonds. The van der Waals surface area contributed by atoms with Crippen LogP contribution in [-0.2, 0) is 17.8 Å². The maximum Gasteiger partial charge on any atom is 0.223 e. The summed E-state index contributed by atoms with van der Waals surface area (Å²) in [5.74, 6) is 0.771. The van der Waals surface area contributed by atoms with E-state index in [1.165, 1.54) is 0 Å². The summed E-state index contributed by atoms with van der Waals surface area (Å²) in [6.07, 6.45) is 2.27. The van der Waals surface area contributed by atoms with E-state index in [9.17, 15) is 4.79 Å². The Morgan fingerprint density at radius 2 is 2.05 bits per heavy atom. The molecule has 0 spiro atoms. The van der Waals surface area contributed by atoms with Gasteiger partial charge in [0, 0.05) is 16.6 Å². The number of benzene rings is 1. The van der Waals surface area contributed by atoms with Gasteiger partial charge in [-0.2, -0.15) is 0 Å². The molecule has 1 aromatic carbocycles. The Balaban J connectivity index is 1.86. The molecule has 1 atom stereocenters. The highest BCUT2D eigenvalue weighted by Gasteiger charge is 2.13. The van der Waals surface area contributed by atoms with Crippen LogP contribution in [0.4, 0.5) is 5.82 Å². The monoisotopic (exact) mass is 348 g/mol. The van der Waals surface area contributed by atoms with Crippen molar-refractivity contribution in [3.8, 4) is 0 Å². The number of halogens is 1. The first-order valence-electron chi connectivity index (χ1n) is 6.64. The molecule has 0 aliphatic rings. The zero-order valence-corrected chi connectivity index (χ0v) is 13.3. The van der Waals surface area contributed by atoms with Gasteiger partial charge in [0.05, 0.1) is 6.54 Å². The molecule has 2 rings (SSSR count). The number of nitrogens with two attached hydrogens (primary N) is 1. The second-order valence-corrected chi connectivity index (χ2v) is 5.76. The van der Waals surface area contributed by atoms with Gasteiger partial charge in [-0.15, -0.1) is 0 Å². The first kappa shape index (κ1) is 15.4. The van der Waals surface area contributed by atoms with Gasteiger partial charge >= 0.3 is 0 Å². The quantitative estimate of drug-likeness (QED) is 0.868. The minimum Gasteiger partial charge on any atom is -0.384 e. The molecule has 110 valence electrons. The van der Waals surface area contributed by atoms with Crippen molar-refractivity contribution in [1.29, 1.82) is 0 Å². The summed E-state index contributed by atoms with van der Waals surface area (Å²) < 4.78 is 1.03. The normalized spacial score (nSPS) is 11.9. The van der Waals surface area contributed by atoms with Gasteiger partial charge in [-0.25, -0.2) is 9.97 Å². The van der Waals surface area contributed by atoms with Crippen LogP contribution in [0.2, 0.25) is 0 Å². The summed E-state index contributed by atoms with van der Waals surface area (Å²) in [7, 11) is 0. The van der Waals surface area contributed by atoms with Crippen molar-refractivity contribution in [3.63, 3.8) is 0 Å². The number of carbonyl (C=O) groups is 1. The van der Waals surface area contributed by atoms with Crippen LogP contribution in [0.1, 0.15) is 18.3 Å². The standard InChI is InChI=1S/C15H17BrN4O/c1-10(8-11-2-4-12(16)5-3-11)15(21)19-9-14-18-7-6-13(17)20-14/h2-7,10H,8-9H2,1H3,(H,19,21)(H2,17,18,20)/t10-/m1/s1. The van der Waals surface area contributed by atoms with E-state index in [1.807, 2.05) is 31.2 Å². The summed E-state index contributed by atoms with van der Waals surface area (Å²) in [4.78, 5) is 20.2. The first-order chi connectivity index (χ1) is 10.0. The van der Waals surface area contributed by atoms with Crippen molar-refractivity contribution in [1.82, 2.24) is 15.3 Å². The van der Waals surface area contributed by atoms with Crippen LogP contribution in [0.3, 0.4) is 0 Å². The number of anilines is 1. The lowest BCUT2D eigenvalue weighted by Crippen LogP contribution is -2.30. The molecule has 0 saturated carbocycles. The summed E-state index contributed by atoms with van der Waals surface area (Å²) in [6, 6.07) is 9.58. The molecule has 0 bridgehead atoms. The molecule has 1 heterocycles. The lowest BCUT2D eigenvalue weighted by Gasteiger charge is -2.12. The van der Waals surface area contributed by atoms with Gasteiger partial charge in [0.1, 0.15) is 11.6 Å². The Morgan fingerprint density at radius 3 is 2.71 bits per heavy atom. The lowest BCUT2D eigenvalue weighted by atomic mass is 10.0. The topological polar surface area (TPSA) is 80.9 Å². The number of nitrogens with zero attached hydrogens (tertiary/aromatic N) is 2. The molecule has 0 fully saturated rings. The van der Waals surface area contributed by atoms with Crippen LogP contribution in [0.25, 0.3) is 0 Å². The average molecular weight is 349 g/mol. The van der Waals surface area contributed by atoms with Gasteiger partial charge in [-0.05, 0) is 30.2 Å². The summed E-state index contributed by atoms with van der Waals surface area (Å²) >= 11 is 3.39. The third kappa shape index (κ3) is 4.82. The fraction of sp³-hybridized carbons (Fsp3) is 0.267. The molecular weight excluding hydrogens is 332 g/mol. The molecule has 0 aliphatic carbocycles. The van der Waals surface area contributed by atoms with Crippen molar-refractivity contribution in [3.05, 3.63) is 52.4 Å².